The molecule has 1 N–H and O–H groups in total. The molecule has 0 saturated heterocycles. The number of carbonyl (C=O) groups is 2. The number of nitrogens with zero attached hydrogens (tertiary/aromatic N) is 1. The standard InChI is InChI=1S/C19H30N2O3/c1-4-6-13-21(3)14-12-18(22)20-17-10-8-16(9-11-17)19(23)24-15-7-5-2/h8-11H,4-7,12-15H2,1-3H3,(H,20,22). The first-order valence-electron chi connectivity index (χ1n) is 8.82. The van der Waals surface area contributed by atoms with Gasteiger partial charge in [-0.15, -0.1) is 0 Å². The molecule has 0 radical (unpaired) electrons. The molecule has 1 aromatic rings. The molecule has 0 aliphatic carbocycles. The van der Waals surface area contributed by atoms with E-state index in [0.717, 1.165) is 38.8 Å². The number of esters is 1. The summed E-state index contributed by atoms with van der Waals surface area (Å²) in [6.07, 6.45) is 4.62. The van der Waals surface area contributed by atoms with Crippen LogP contribution in [0.15, 0.2) is 24.3 Å². The molecule has 134 valence electrons. The SMILES string of the molecule is CCCCOC(=O)c1ccc(NC(=O)CCN(C)CCCC)cc1. The molecule has 0 aliphatic rings. The van der Waals surface area contributed by atoms with Crippen molar-refractivity contribution in [2.24, 2.45) is 0 Å². The van der Waals surface area contributed by atoms with E-state index in [1.165, 1.54) is 0 Å². The quantitative estimate of drug-likeness (QED) is 0.495. The number of nitrogens with one attached hydrogen (secondary N) is 1. The zero-order valence-electron chi connectivity index (χ0n) is 15.1. The Balaban J connectivity index is 2.37. The topological polar surface area (TPSA) is 58.6 Å². The fourth-order valence-electron chi connectivity index (χ4n) is 2.14. The van der Waals surface area contributed by atoms with Crippen LogP contribution in [0.2, 0.25) is 0 Å². The van der Waals surface area contributed by atoms with E-state index in [1.807, 2.05) is 14.0 Å². The maximum Gasteiger partial charge on any atom is 0.338 e. The Bertz CT molecular complexity index is 500. The molecule has 5 heteroatoms. The van der Waals surface area contributed by atoms with Crippen LogP contribution in [0.3, 0.4) is 0 Å². The highest BCUT2D eigenvalue weighted by atomic mass is 16.5. The lowest BCUT2D eigenvalue weighted by Gasteiger charge is -2.15. The number of amides is 1. The predicted octanol–water partition coefficient (Wildman–Crippen LogP) is 3.70. The molecule has 0 fully saturated rings. The van der Waals surface area contributed by atoms with Gasteiger partial charge in [-0.2, -0.15) is 0 Å². The first-order chi connectivity index (χ1) is 11.6. The van der Waals surface area contributed by atoms with E-state index < -0.39 is 0 Å². The van der Waals surface area contributed by atoms with Crippen LogP contribution < -0.4 is 5.32 Å². The van der Waals surface area contributed by atoms with Gasteiger partial charge in [-0.25, -0.2) is 4.79 Å². The zero-order chi connectivity index (χ0) is 17.8. The second kappa shape index (κ2) is 11.6. The van der Waals surface area contributed by atoms with Crippen LogP contribution in [-0.2, 0) is 9.53 Å². The van der Waals surface area contributed by atoms with Gasteiger partial charge in [0, 0.05) is 18.7 Å². The summed E-state index contributed by atoms with van der Waals surface area (Å²) in [5.41, 5.74) is 1.20. The third-order valence-corrected chi connectivity index (χ3v) is 3.75. The molecule has 0 aliphatic heterocycles. The van der Waals surface area contributed by atoms with Crippen molar-refractivity contribution in [3.8, 4) is 0 Å². The minimum Gasteiger partial charge on any atom is -0.462 e. The molecule has 0 saturated carbocycles. The molecule has 0 spiro atoms. The van der Waals surface area contributed by atoms with Crippen molar-refractivity contribution in [3.63, 3.8) is 0 Å². The van der Waals surface area contributed by atoms with Crippen molar-refractivity contribution in [2.45, 2.75) is 46.0 Å². The molecule has 24 heavy (non-hydrogen) atoms. The van der Waals surface area contributed by atoms with Crippen molar-refractivity contribution in [1.82, 2.24) is 4.90 Å². The molecule has 1 amide bonds. The van der Waals surface area contributed by atoms with Gasteiger partial charge in [0.25, 0.3) is 0 Å². The highest BCUT2D eigenvalue weighted by Crippen LogP contribution is 2.11. The number of rotatable bonds is 11. The van der Waals surface area contributed by atoms with E-state index in [9.17, 15) is 9.59 Å². The minimum absolute atomic E-state index is 0.0170. The number of benzene rings is 1. The Hall–Kier alpha value is -1.88. The molecule has 0 heterocycles. The van der Waals surface area contributed by atoms with Crippen molar-refractivity contribution in [2.75, 3.05) is 32.1 Å². The van der Waals surface area contributed by atoms with Crippen LogP contribution >= 0.6 is 0 Å². The van der Waals surface area contributed by atoms with Gasteiger partial charge in [0.15, 0.2) is 0 Å². The lowest BCUT2D eigenvalue weighted by Crippen LogP contribution is -2.25. The summed E-state index contributed by atoms with van der Waals surface area (Å²) in [6.45, 7) is 6.41. The van der Waals surface area contributed by atoms with Gasteiger partial charge in [-0.1, -0.05) is 26.7 Å². The summed E-state index contributed by atoms with van der Waals surface area (Å²) in [5, 5.41) is 2.85. The van der Waals surface area contributed by atoms with Crippen LogP contribution in [-0.4, -0.2) is 43.5 Å². The number of unbranched alkanes of at least 4 members (excludes halogenated alkanes) is 2. The van der Waals surface area contributed by atoms with E-state index in [1.54, 1.807) is 24.3 Å². The van der Waals surface area contributed by atoms with Gasteiger partial charge in [-0.05, 0) is 50.7 Å². The number of carbonyl (C=O) groups excluding carboxylic acids is 2. The Morgan fingerprint density at radius 1 is 1.04 bits per heavy atom. The monoisotopic (exact) mass is 334 g/mol. The molecular weight excluding hydrogens is 304 g/mol. The first kappa shape index (κ1) is 20.2. The van der Waals surface area contributed by atoms with Gasteiger partial charge in [0.2, 0.25) is 5.91 Å². The summed E-state index contributed by atoms with van der Waals surface area (Å²) in [6, 6.07) is 6.82. The molecule has 0 aromatic heterocycles. The smallest absolute Gasteiger partial charge is 0.338 e. The number of ether oxygens (including phenoxy) is 1. The van der Waals surface area contributed by atoms with Crippen LogP contribution in [0, 0.1) is 0 Å². The Morgan fingerprint density at radius 3 is 2.33 bits per heavy atom. The average molecular weight is 334 g/mol. The number of anilines is 1. The van der Waals surface area contributed by atoms with Crippen LogP contribution in [0.5, 0.6) is 0 Å². The molecule has 1 aromatic carbocycles. The second-order valence-electron chi connectivity index (χ2n) is 6.02. The maximum atomic E-state index is 12.0. The second-order valence-corrected chi connectivity index (χ2v) is 6.02. The summed E-state index contributed by atoms with van der Waals surface area (Å²) in [4.78, 5) is 25.9. The molecule has 0 atom stereocenters. The molecule has 5 nitrogen and oxygen atoms in total. The third-order valence-electron chi connectivity index (χ3n) is 3.75. The summed E-state index contributed by atoms with van der Waals surface area (Å²) < 4.78 is 5.15. The van der Waals surface area contributed by atoms with Crippen LogP contribution in [0.1, 0.15) is 56.3 Å². The van der Waals surface area contributed by atoms with Crippen molar-refractivity contribution < 1.29 is 14.3 Å². The average Bonchev–Trinajstić information content (AvgIpc) is 2.59. The van der Waals surface area contributed by atoms with E-state index in [2.05, 4.69) is 17.1 Å². The molecule has 0 unspecified atom stereocenters. The first-order valence-corrected chi connectivity index (χ1v) is 8.82. The van der Waals surface area contributed by atoms with E-state index in [0.29, 0.717) is 24.3 Å². The molecule has 1 rings (SSSR count). The lowest BCUT2D eigenvalue weighted by atomic mass is 10.2. The summed E-state index contributed by atoms with van der Waals surface area (Å²) >= 11 is 0. The van der Waals surface area contributed by atoms with Crippen molar-refractivity contribution >= 4 is 17.6 Å². The highest BCUT2D eigenvalue weighted by molar-refractivity contribution is 5.93. The van der Waals surface area contributed by atoms with E-state index in [4.69, 9.17) is 4.74 Å². The zero-order valence-corrected chi connectivity index (χ0v) is 15.1. The van der Waals surface area contributed by atoms with Gasteiger partial charge < -0.3 is 15.0 Å². The van der Waals surface area contributed by atoms with Crippen LogP contribution in [0.25, 0.3) is 0 Å². The Labute approximate surface area is 145 Å². The van der Waals surface area contributed by atoms with Crippen molar-refractivity contribution in [3.05, 3.63) is 29.8 Å². The van der Waals surface area contributed by atoms with Crippen LogP contribution in [0.4, 0.5) is 5.69 Å². The van der Waals surface area contributed by atoms with Gasteiger partial charge in [0.1, 0.15) is 0 Å². The van der Waals surface area contributed by atoms with Gasteiger partial charge >= 0.3 is 5.97 Å². The predicted molar refractivity (Wildman–Crippen MR) is 97.3 cm³/mol. The van der Waals surface area contributed by atoms with Gasteiger partial charge in [-0.3, -0.25) is 4.79 Å². The molecular formula is C19H30N2O3. The Kier molecular flexibility index (Phi) is 9.77. The third kappa shape index (κ3) is 8.11. The summed E-state index contributed by atoms with van der Waals surface area (Å²) in [7, 11) is 2.03. The summed E-state index contributed by atoms with van der Waals surface area (Å²) in [5.74, 6) is -0.338. The normalized spacial score (nSPS) is 10.7. The van der Waals surface area contributed by atoms with E-state index in [-0.39, 0.29) is 11.9 Å². The van der Waals surface area contributed by atoms with Crippen molar-refractivity contribution in [1.29, 1.82) is 0 Å². The number of hydrogen-bond donors (Lipinski definition) is 1. The largest absolute Gasteiger partial charge is 0.462 e. The van der Waals surface area contributed by atoms with Gasteiger partial charge in [0.05, 0.1) is 12.2 Å². The highest BCUT2D eigenvalue weighted by Gasteiger charge is 2.08. The molecule has 0 bridgehead atoms. The minimum atomic E-state index is -0.320. The fourth-order valence-corrected chi connectivity index (χ4v) is 2.14. The Morgan fingerprint density at radius 2 is 1.71 bits per heavy atom. The number of hydrogen-bond acceptors (Lipinski definition) is 4. The fraction of sp³-hybridized carbons (Fsp3) is 0.579. The van der Waals surface area contributed by atoms with E-state index >= 15 is 0 Å². The lowest BCUT2D eigenvalue weighted by molar-refractivity contribution is -0.116. The maximum absolute atomic E-state index is 12.0.